The van der Waals surface area contributed by atoms with Crippen LogP contribution in [0, 0.1) is 0 Å². The Balaban J connectivity index is 3.07. The second kappa shape index (κ2) is 5.66. The smallest absolute Gasteiger partial charge is 0.242 e. The summed E-state index contributed by atoms with van der Waals surface area (Å²) in [5, 5.41) is 0. The third kappa shape index (κ3) is 3.31. The molecule has 1 rings (SSSR count). The second-order valence-electron chi connectivity index (χ2n) is 4.27. The molecule has 0 saturated carbocycles. The summed E-state index contributed by atoms with van der Waals surface area (Å²) in [7, 11) is -3.39. The van der Waals surface area contributed by atoms with Crippen LogP contribution in [0.15, 0.2) is 17.2 Å². The third-order valence-electron chi connectivity index (χ3n) is 2.52. The molecule has 0 amide bonds. The van der Waals surface area contributed by atoms with Crippen molar-refractivity contribution in [3.05, 3.63) is 18.0 Å². The third-order valence-corrected chi connectivity index (χ3v) is 3.95. The van der Waals surface area contributed by atoms with Crippen molar-refractivity contribution in [2.24, 2.45) is 5.73 Å². The number of nitrogens with zero attached hydrogens (tertiary/aromatic N) is 1. The summed E-state index contributed by atoms with van der Waals surface area (Å²) in [4.78, 5) is 0.292. The molecule has 3 N–H and O–H groups in total. The van der Waals surface area contributed by atoms with Gasteiger partial charge in [0.15, 0.2) is 0 Å². The van der Waals surface area contributed by atoms with Crippen molar-refractivity contribution in [2.45, 2.75) is 44.7 Å². The molecule has 1 aromatic heterocycles. The van der Waals surface area contributed by atoms with Crippen molar-refractivity contribution < 1.29 is 8.42 Å². The number of hydrogen-bond acceptors (Lipinski definition) is 3. The number of hydrogen-bond donors (Lipinski definition) is 2. The van der Waals surface area contributed by atoms with Gasteiger partial charge in [-0.2, -0.15) is 0 Å². The Morgan fingerprint density at radius 2 is 2.12 bits per heavy atom. The molecule has 0 aliphatic carbocycles. The first-order valence-electron chi connectivity index (χ1n) is 5.82. The maximum absolute atomic E-state index is 11.9. The lowest BCUT2D eigenvalue weighted by atomic mass is 10.3. The molecule has 0 saturated heterocycles. The summed E-state index contributed by atoms with van der Waals surface area (Å²) in [5.41, 5.74) is 6.44. The Kier molecular flexibility index (Phi) is 4.73. The molecule has 6 heteroatoms. The first kappa shape index (κ1) is 14.2. The topological polar surface area (TPSA) is 77.1 Å². The molecule has 0 aliphatic heterocycles. The van der Waals surface area contributed by atoms with Gasteiger partial charge in [-0.1, -0.05) is 6.92 Å². The highest BCUT2D eigenvalue weighted by Gasteiger charge is 2.18. The molecule has 98 valence electrons. The van der Waals surface area contributed by atoms with Crippen LogP contribution in [0.3, 0.4) is 0 Å². The number of nitrogens with one attached hydrogen (secondary N) is 1. The van der Waals surface area contributed by atoms with Crippen LogP contribution in [-0.4, -0.2) is 19.5 Å². The number of aromatic nitrogens is 1. The molecule has 0 atom stereocenters. The van der Waals surface area contributed by atoms with Crippen LogP contribution >= 0.6 is 0 Å². The van der Waals surface area contributed by atoms with Crippen molar-refractivity contribution in [3.63, 3.8) is 0 Å². The predicted molar refractivity (Wildman–Crippen MR) is 68.2 cm³/mol. The minimum atomic E-state index is -3.39. The summed E-state index contributed by atoms with van der Waals surface area (Å²) >= 11 is 0. The van der Waals surface area contributed by atoms with E-state index in [4.69, 9.17) is 5.73 Å². The molecular weight excluding hydrogens is 238 g/mol. The number of sulfonamides is 1. The monoisotopic (exact) mass is 259 g/mol. The molecule has 5 nitrogen and oxygen atoms in total. The first-order chi connectivity index (χ1) is 7.92. The van der Waals surface area contributed by atoms with E-state index in [0.29, 0.717) is 18.0 Å². The molecule has 0 aromatic carbocycles. The second-order valence-corrected chi connectivity index (χ2v) is 6.04. The van der Waals surface area contributed by atoms with Crippen molar-refractivity contribution in [1.29, 1.82) is 0 Å². The zero-order valence-corrected chi connectivity index (χ0v) is 11.4. The van der Waals surface area contributed by atoms with Crippen molar-refractivity contribution in [2.75, 3.05) is 6.54 Å². The summed E-state index contributed by atoms with van der Waals surface area (Å²) in [5.74, 6) is 0. The van der Waals surface area contributed by atoms with E-state index < -0.39 is 10.0 Å². The fourth-order valence-corrected chi connectivity index (χ4v) is 2.79. The Labute approximate surface area is 103 Å². The van der Waals surface area contributed by atoms with Gasteiger partial charge < -0.3 is 10.3 Å². The van der Waals surface area contributed by atoms with E-state index in [0.717, 1.165) is 12.1 Å². The lowest BCUT2D eigenvalue weighted by Crippen LogP contribution is -2.24. The Bertz CT molecular complexity index is 463. The van der Waals surface area contributed by atoms with Crippen molar-refractivity contribution in [3.8, 4) is 0 Å². The minimum Gasteiger partial charge on any atom is -0.346 e. The maximum Gasteiger partial charge on any atom is 0.242 e. The van der Waals surface area contributed by atoms with E-state index in [1.165, 1.54) is 0 Å². The van der Waals surface area contributed by atoms with Gasteiger partial charge in [0.25, 0.3) is 0 Å². The molecule has 0 fully saturated rings. The Morgan fingerprint density at radius 1 is 1.47 bits per heavy atom. The standard InChI is InChI=1S/C11H21N3O2S/c1-4-5-13-17(15,16)11-6-10(7-12)14(8-11)9(2)3/h6,8-9,13H,4-5,7,12H2,1-3H3. The Morgan fingerprint density at radius 3 is 2.53 bits per heavy atom. The zero-order valence-electron chi connectivity index (χ0n) is 10.6. The summed E-state index contributed by atoms with van der Waals surface area (Å²) in [6.45, 7) is 6.70. The average molecular weight is 259 g/mol. The van der Waals surface area contributed by atoms with E-state index in [1.54, 1.807) is 12.3 Å². The van der Waals surface area contributed by atoms with Gasteiger partial charge in [-0.15, -0.1) is 0 Å². The van der Waals surface area contributed by atoms with Gasteiger partial charge in [0.05, 0.1) is 4.90 Å². The van der Waals surface area contributed by atoms with Crippen molar-refractivity contribution in [1.82, 2.24) is 9.29 Å². The van der Waals surface area contributed by atoms with Gasteiger partial charge in [0.1, 0.15) is 0 Å². The SMILES string of the molecule is CCCNS(=O)(=O)c1cc(CN)n(C(C)C)c1. The average Bonchev–Trinajstić information content (AvgIpc) is 2.71. The predicted octanol–water partition coefficient (Wildman–Crippen LogP) is 1.22. The van der Waals surface area contributed by atoms with E-state index in [-0.39, 0.29) is 6.04 Å². The molecule has 0 aliphatic rings. The summed E-state index contributed by atoms with van der Waals surface area (Å²) < 4.78 is 28.3. The van der Waals surface area contributed by atoms with Gasteiger partial charge in [-0.05, 0) is 26.3 Å². The number of rotatable bonds is 6. The highest BCUT2D eigenvalue weighted by Crippen LogP contribution is 2.18. The lowest BCUT2D eigenvalue weighted by molar-refractivity contribution is 0.569. The van der Waals surface area contributed by atoms with Crippen LogP contribution in [0.4, 0.5) is 0 Å². The highest BCUT2D eigenvalue weighted by molar-refractivity contribution is 7.89. The number of nitrogens with two attached hydrogens (primary N) is 1. The Hall–Kier alpha value is -0.850. The minimum absolute atomic E-state index is 0.198. The summed E-state index contributed by atoms with van der Waals surface area (Å²) in [6, 6.07) is 1.83. The molecule has 0 radical (unpaired) electrons. The van der Waals surface area contributed by atoms with Gasteiger partial charge in [0, 0.05) is 31.0 Å². The fraction of sp³-hybridized carbons (Fsp3) is 0.636. The molecule has 1 aromatic rings. The molecule has 1 heterocycles. The van der Waals surface area contributed by atoms with Crippen LogP contribution in [-0.2, 0) is 16.6 Å². The normalized spacial score (nSPS) is 12.3. The van der Waals surface area contributed by atoms with Crippen LogP contribution in [0.2, 0.25) is 0 Å². The van der Waals surface area contributed by atoms with Gasteiger partial charge in [0.2, 0.25) is 10.0 Å². The largest absolute Gasteiger partial charge is 0.346 e. The first-order valence-corrected chi connectivity index (χ1v) is 7.31. The maximum atomic E-state index is 11.9. The van der Waals surface area contributed by atoms with E-state index in [2.05, 4.69) is 4.72 Å². The lowest BCUT2D eigenvalue weighted by Gasteiger charge is -2.10. The highest BCUT2D eigenvalue weighted by atomic mass is 32.2. The van der Waals surface area contributed by atoms with E-state index >= 15 is 0 Å². The molecule has 0 bridgehead atoms. The fourth-order valence-electron chi connectivity index (χ4n) is 1.61. The van der Waals surface area contributed by atoms with Crippen LogP contribution in [0.5, 0.6) is 0 Å². The van der Waals surface area contributed by atoms with Gasteiger partial charge in [-0.25, -0.2) is 13.1 Å². The zero-order chi connectivity index (χ0) is 13.1. The van der Waals surface area contributed by atoms with E-state index in [1.807, 2.05) is 25.3 Å². The van der Waals surface area contributed by atoms with Crippen LogP contribution in [0.1, 0.15) is 38.9 Å². The van der Waals surface area contributed by atoms with Gasteiger partial charge in [-0.3, -0.25) is 0 Å². The van der Waals surface area contributed by atoms with Crippen LogP contribution in [0.25, 0.3) is 0 Å². The quantitative estimate of drug-likeness (QED) is 0.806. The van der Waals surface area contributed by atoms with Crippen LogP contribution < -0.4 is 10.5 Å². The van der Waals surface area contributed by atoms with Crippen molar-refractivity contribution >= 4 is 10.0 Å². The molecular formula is C11H21N3O2S. The van der Waals surface area contributed by atoms with E-state index in [9.17, 15) is 8.42 Å². The summed E-state index contributed by atoms with van der Waals surface area (Å²) in [6.07, 6.45) is 2.42. The van der Waals surface area contributed by atoms with Gasteiger partial charge >= 0.3 is 0 Å². The molecule has 0 spiro atoms. The molecule has 17 heavy (non-hydrogen) atoms. The molecule has 0 unspecified atom stereocenters.